The van der Waals surface area contributed by atoms with Crippen molar-refractivity contribution in [3.05, 3.63) is 0 Å². The van der Waals surface area contributed by atoms with Crippen LogP contribution in [0, 0.1) is 34.5 Å². The summed E-state index contributed by atoms with van der Waals surface area (Å²) < 4.78 is 10.8. The minimum absolute atomic E-state index is 0.132. The Morgan fingerprint density at radius 2 is 1.13 bits per heavy atom. The van der Waals surface area contributed by atoms with Gasteiger partial charge in [-0.3, -0.25) is 9.59 Å². The first-order valence-electron chi connectivity index (χ1n) is 11.9. The molecule has 3 aliphatic heterocycles. The van der Waals surface area contributed by atoms with E-state index in [-0.39, 0.29) is 35.6 Å². The zero-order valence-corrected chi connectivity index (χ0v) is 20.2. The lowest BCUT2D eigenvalue weighted by atomic mass is 9.52. The highest BCUT2D eigenvalue weighted by atomic mass is 16.5. The van der Waals surface area contributed by atoms with Crippen molar-refractivity contribution in [3.63, 3.8) is 0 Å². The van der Waals surface area contributed by atoms with Crippen molar-refractivity contribution < 1.29 is 19.1 Å². The molecule has 5 rings (SSSR count). The second-order valence-corrected chi connectivity index (χ2v) is 11.0. The molecule has 6 nitrogen and oxygen atoms in total. The molecule has 0 aromatic heterocycles. The van der Waals surface area contributed by atoms with Gasteiger partial charge in [0.25, 0.3) is 0 Å². The number of hydrogen-bond acceptors (Lipinski definition) is 6. The van der Waals surface area contributed by atoms with Crippen molar-refractivity contribution in [3.8, 4) is 0 Å². The Morgan fingerprint density at radius 1 is 0.742 bits per heavy atom. The Morgan fingerprint density at radius 3 is 1.48 bits per heavy atom. The fraction of sp³-hybridized carbons (Fsp3) is 0.840. The molecule has 0 N–H and O–H groups in total. The van der Waals surface area contributed by atoms with Crippen molar-refractivity contribution in [2.75, 3.05) is 13.2 Å². The smallest absolute Gasteiger partial charge is 0.305 e. The van der Waals surface area contributed by atoms with Gasteiger partial charge in [0.15, 0.2) is 0 Å². The van der Waals surface area contributed by atoms with Gasteiger partial charge in [0, 0.05) is 36.1 Å². The summed E-state index contributed by atoms with van der Waals surface area (Å²) >= 11 is 0. The summed E-state index contributed by atoms with van der Waals surface area (Å²) in [7, 11) is 0. The molecule has 2 saturated carbocycles. The minimum atomic E-state index is -0.225. The van der Waals surface area contributed by atoms with Crippen molar-refractivity contribution in [1.82, 2.24) is 0 Å². The molecule has 4 bridgehead atoms. The molecule has 3 heterocycles. The maximum absolute atomic E-state index is 12.0. The summed E-state index contributed by atoms with van der Waals surface area (Å²) in [6, 6.07) is 0. The minimum Gasteiger partial charge on any atom is -0.466 e. The lowest BCUT2D eigenvalue weighted by molar-refractivity contribution is -0.147. The summed E-state index contributed by atoms with van der Waals surface area (Å²) in [5.74, 6) is 1.41. The Hall–Kier alpha value is -1.72. The maximum atomic E-state index is 12.0. The van der Waals surface area contributed by atoms with Crippen LogP contribution in [0.4, 0.5) is 0 Å². The molecule has 0 spiro atoms. The fourth-order valence-corrected chi connectivity index (χ4v) is 5.88. The first kappa shape index (κ1) is 23.9. The predicted molar refractivity (Wildman–Crippen MR) is 122 cm³/mol. The van der Waals surface area contributed by atoms with E-state index >= 15 is 0 Å². The van der Waals surface area contributed by atoms with Gasteiger partial charge in [-0.25, -0.2) is 0 Å². The van der Waals surface area contributed by atoms with Crippen molar-refractivity contribution >= 4 is 23.4 Å². The van der Waals surface area contributed by atoms with Gasteiger partial charge in [0.05, 0.1) is 13.2 Å². The van der Waals surface area contributed by atoms with E-state index in [0.717, 1.165) is 37.1 Å². The van der Waals surface area contributed by atoms with E-state index in [1.165, 1.54) is 0 Å². The molecule has 0 radical (unpaired) electrons. The van der Waals surface area contributed by atoms with E-state index in [0.29, 0.717) is 43.3 Å². The van der Waals surface area contributed by atoms with Crippen LogP contribution < -0.4 is 0 Å². The van der Waals surface area contributed by atoms with Crippen LogP contribution in [0.2, 0.25) is 0 Å². The number of hydrogen-bond donors (Lipinski definition) is 0. The Bertz CT molecular complexity index is 691. The van der Waals surface area contributed by atoms with Crippen LogP contribution in [0.5, 0.6) is 0 Å². The number of ether oxygens (including phenoxy) is 2. The first-order chi connectivity index (χ1) is 14.5. The summed E-state index contributed by atoms with van der Waals surface area (Å²) in [6.07, 6.45) is 4.89. The normalized spacial score (nSPS) is 37.9. The van der Waals surface area contributed by atoms with Crippen LogP contribution in [0.15, 0.2) is 10.2 Å². The lowest BCUT2D eigenvalue weighted by Crippen LogP contribution is -2.49. The van der Waals surface area contributed by atoms with Gasteiger partial charge in [-0.1, -0.05) is 27.7 Å². The van der Waals surface area contributed by atoms with Gasteiger partial charge in [0.1, 0.15) is 0 Å². The van der Waals surface area contributed by atoms with Crippen LogP contribution in [0.3, 0.4) is 0 Å². The SMILES string of the molecule is C/C1=N/N=C(/C)[C@H]2C[C@@H](CCOC(=O)CCCC(=O)OCC[C@@H]3C[C@H]1C3(C)C)C2(C)C. The maximum Gasteiger partial charge on any atom is 0.305 e. The van der Waals surface area contributed by atoms with Crippen LogP contribution >= 0.6 is 0 Å². The van der Waals surface area contributed by atoms with Crippen molar-refractivity contribution in [2.24, 2.45) is 44.7 Å². The third kappa shape index (κ3) is 5.20. The standard InChI is InChI=1S/C25H40N2O4/c1-16-20-14-18(24(20,3)4)10-12-30-22(28)8-7-9-23(29)31-13-11-19-15-21(25(19,5)6)17(2)27-26-16/h18-21H,7-15H2,1-6H3/b26-16-,27-17-/t18-,19-,20-,21-/m1/s1. The highest BCUT2D eigenvalue weighted by Crippen LogP contribution is 2.54. The third-order valence-electron chi connectivity index (χ3n) is 8.54. The second-order valence-electron chi connectivity index (χ2n) is 11.0. The molecule has 2 fully saturated rings. The Labute approximate surface area is 187 Å². The van der Waals surface area contributed by atoms with Gasteiger partial charge in [-0.15, -0.1) is 0 Å². The zero-order chi connectivity index (χ0) is 22.8. The molecule has 4 atom stereocenters. The molecule has 0 aromatic rings. The molecular weight excluding hydrogens is 392 g/mol. The largest absolute Gasteiger partial charge is 0.466 e. The first-order valence-corrected chi connectivity index (χ1v) is 11.9. The monoisotopic (exact) mass is 432 g/mol. The average Bonchev–Trinajstić information content (AvgIpc) is 2.69. The van der Waals surface area contributed by atoms with Crippen molar-refractivity contribution in [1.29, 1.82) is 0 Å². The quantitative estimate of drug-likeness (QED) is 0.493. The van der Waals surface area contributed by atoms with Crippen LogP contribution in [0.1, 0.15) is 86.5 Å². The van der Waals surface area contributed by atoms with E-state index < -0.39 is 0 Å². The van der Waals surface area contributed by atoms with E-state index in [9.17, 15) is 9.59 Å². The summed E-state index contributed by atoms with van der Waals surface area (Å²) in [5, 5.41) is 9.27. The molecule has 0 unspecified atom stereocenters. The molecule has 5 aliphatic rings. The number of nitrogens with zero attached hydrogens (tertiary/aromatic N) is 2. The highest BCUT2D eigenvalue weighted by molar-refractivity contribution is 5.89. The number of carbonyl (C=O) groups excluding carboxylic acids is 2. The van der Waals surface area contributed by atoms with E-state index in [2.05, 4.69) is 51.7 Å². The van der Waals surface area contributed by atoms with E-state index in [1.54, 1.807) is 0 Å². The highest BCUT2D eigenvalue weighted by Gasteiger charge is 2.50. The predicted octanol–water partition coefficient (Wildman–Crippen LogP) is 5.20. The molecule has 6 heteroatoms. The molecule has 0 saturated heterocycles. The van der Waals surface area contributed by atoms with Gasteiger partial charge >= 0.3 is 11.9 Å². The number of carbonyl (C=O) groups is 2. The average molecular weight is 433 g/mol. The topological polar surface area (TPSA) is 77.3 Å². The molecule has 174 valence electrons. The van der Waals surface area contributed by atoms with Gasteiger partial charge in [-0.05, 0) is 68.6 Å². The van der Waals surface area contributed by atoms with Crippen LogP contribution in [-0.4, -0.2) is 36.6 Å². The molecule has 2 aliphatic carbocycles. The fourth-order valence-electron chi connectivity index (χ4n) is 5.88. The van der Waals surface area contributed by atoms with Crippen LogP contribution in [-0.2, 0) is 19.1 Å². The third-order valence-corrected chi connectivity index (χ3v) is 8.54. The number of rotatable bonds is 0. The molecule has 0 amide bonds. The van der Waals surface area contributed by atoms with E-state index in [1.807, 2.05) is 0 Å². The zero-order valence-electron chi connectivity index (χ0n) is 20.2. The Kier molecular flexibility index (Phi) is 7.27. The molecular formula is C25H40N2O4. The molecule has 31 heavy (non-hydrogen) atoms. The van der Waals surface area contributed by atoms with Gasteiger partial charge in [0.2, 0.25) is 0 Å². The van der Waals surface area contributed by atoms with Gasteiger partial charge in [-0.2, -0.15) is 10.2 Å². The summed E-state index contributed by atoms with van der Waals surface area (Å²) in [6.45, 7) is 14.2. The van der Waals surface area contributed by atoms with Crippen molar-refractivity contribution in [2.45, 2.75) is 86.5 Å². The Balaban J connectivity index is 1.69. The number of esters is 2. The second kappa shape index (κ2) is 9.41. The molecule has 0 aromatic carbocycles. The summed E-state index contributed by atoms with van der Waals surface area (Å²) in [5.41, 5.74) is 2.47. The summed E-state index contributed by atoms with van der Waals surface area (Å²) in [4.78, 5) is 24.0. The lowest BCUT2D eigenvalue weighted by Gasteiger charge is -2.53. The van der Waals surface area contributed by atoms with Crippen LogP contribution in [0.25, 0.3) is 0 Å². The van der Waals surface area contributed by atoms with Gasteiger partial charge < -0.3 is 9.47 Å². The van der Waals surface area contributed by atoms with E-state index in [4.69, 9.17) is 9.47 Å².